The fourth-order valence-electron chi connectivity index (χ4n) is 4.91. The van der Waals surface area contributed by atoms with Crippen LogP contribution in [-0.2, 0) is 4.79 Å². The minimum atomic E-state index is 0.0686. The number of nitrogens with zero attached hydrogens (tertiary/aromatic N) is 4. The number of pyridine rings is 1. The predicted octanol–water partition coefficient (Wildman–Crippen LogP) is 5.16. The maximum Gasteiger partial charge on any atom is 0.246 e. The number of likely N-dealkylation sites (N-methyl/N-ethyl adjacent to an activating group) is 1. The molecule has 3 N–H and O–H groups in total. The number of aromatic amines is 1. The number of carbonyl (C=O) groups excluding carboxylic acids is 1. The monoisotopic (exact) mass is 523 g/mol. The molecule has 0 unspecified atom stereocenters. The average Bonchev–Trinajstić information content (AvgIpc) is 3.57. The third-order valence-electron chi connectivity index (χ3n) is 7.24. The summed E-state index contributed by atoms with van der Waals surface area (Å²) in [5, 5.41) is 15.4. The quantitative estimate of drug-likeness (QED) is 0.247. The Kier molecular flexibility index (Phi) is 7.14. The fraction of sp³-hybridized carbons (Fsp3) is 0.300. The highest BCUT2D eigenvalue weighted by atomic mass is 16.5. The van der Waals surface area contributed by atoms with E-state index in [1.807, 2.05) is 71.6 Å². The minimum Gasteiger partial charge on any atom is -0.457 e. The Morgan fingerprint density at radius 2 is 1.90 bits per heavy atom. The highest BCUT2D eigenvalue weighted by Crippen LogP contribution is 2.32. The van der Waals surface area contributed by atoms with Crippen LogP contribution >= 0.6 is 0 Å². The van der Waals surface area contributed by atoms with Gasteiger partial charge in [0, 0.05) is 49.7 Å². The van der Waals surface area contributed by atoms with Crippen LogP contribution in [0.5, 0.6) is 11.5 Å². The topological polar surface area (TPSA) is 98.4 Å². The molecule has 0 spiro atoms. The first-order valence-electron chi connectivity index (χ1n) is 13.5. The molecular formula is C30H33N7O2. The zero-order valence-electron chi connectivity index (χ0n) is 22.0. The number of benzene rings is 2. The number of fused-ring (bicyclic) bond motifs is 1. The highest BCUT2D eigenvalue weighted by Gasteiger charge is 2.27. The van der Waals surface area contributed by atoms with Crippen LogP contribution in [0.4, 0.5) is 17.2 Å². The Balaban J connectivity index is 1.09. The molecule has 39 heavy (non-hydrogen) atoms. The Bertz CT molecular complexity index is 1450. The molecule has 1 amide bonds. The zero-order chi connectivity index (χ0) is 26.6. The van der Waals surface area contributed by atoms with E-state index in [4.69, 9.17) is 4.74 Å². The molecule has 200 valence electrons. The summed E-state index contributed by atoms with van der Waals surface area (Å²) in [5.41, 5.74) is 2.51. The van der Waals surface area contributed by atoms with E-state index in [-0.39, 0.29) is 11.9 Å². The Morgan fingerprint density at radius 3 is 2.69 bits per heavy atom. The van der Waals surface area contributed by atoms with Crippen molar-refractivity contribution < 1.29 is 9.53 Å². The maximum absolute atomic E-state index is 12.7. The van der Waals surface area contributed by atoms with Crippen LogP contribution in [0.25, 0.3) is 11.0 Å². The molecular weight excluding hydrogens is 490 g/mol. The summed E-state index contributed by atoms with van der Waals surface area (Å²) in [4.78, 5) is 21.3. The van der Waals surface area contributed by atoms with Gasteiger partial charge >= 0.3 is 0 Å². The van der Waals surface area contributed by atoms with Crippen molar-refractivity contribution in [2.45, 2.75) is 31.3 Å². The van der Waals surface area contributed by atoms with Crippen molar-refractivity contribution in [2.75, 3.05) is 37.3 Å². The number of H-pyrrole nitrogens is 1. The molecule has 0 bridgehead atoms. The lowest BCUT2D eigenvalue weighted by Gasteiger charge is -2.16. The first kappa shape index (κ1) is 24.9. The number of para-hydroxylation sites is 1. The van der Waals surface area contributed by atoms with Crippen LogP contribution in [0.15, 0.2) is 79.0 Å². The lowest BCUT2D eigenvalue weighted by molar-refractivity contribution is -0.125. The van der Waals surface area contributed by atoms with Crippen molar-refractivity contribution in [3.8, 4) is 11.5 Å². The third kappa shape index (κ3) is 6.04. The van der Waals surface area contributed by atoms with Crippen molar-refractivity contribution in [3.63, 3.8) is 0 Å². The summed E-state index contributed by atoms with van der Waals surface area (Å²) in [5.74, 6) is 2.36. The number of aromatic nitrogens is 3. The number of likely N-dealkylation sites (tertiary alicyclic amines) is 1. The molecule has 1 aliphatic carbocycles. The smallest absolute Gasteiger partial charge is 0.246 e. The normalized spacial score (nSPS) is 17.3. The Labute approximate surface area is 227 Å². The lowest BCUT2D eigenvalue weighted by atomic mass is 10.2. The Hall–Kier alpha value is -4.37. The number of nitrogens with one attached hydrogen (secondary N) is 3. The van der Waals surface area contributed by atoms with E-state index < -0.39 is 0 Å². The zero-order valence-corrected chi connectivity index (χ0v) is 22.0. The second kappa shape index (κ2) is 11.2. The maximum atomic E-state index is 12.7. The standard InChI is InChI=1S/C30H33N7O2/c1-36(23-11-12-23)18-5-8-27(38)37-19-16-22(20-37)33-30-28-26(15-17-31-29(28)34-35-30)32-21-9-13-25(14-10-21)39-24-6-3-2-4-7-24/h2-10,13-15,17,22-23H,11-12,16,18-20H2,1H3,(H3,31,32,33,34,35)/t22-/m1/s1. The first-order chi connectivity index (χ1) is 19.1. The fourth-order valence-corrected chi connectivity index (χ4v) is 4.91. The second-order valence-electron chi connectivity index (χ2n) is 10.2. The second-order valence-corrected chi connectivity index (χ2v) is 10.2. The first-order valence-corrected chi connectivity index (χ1v) is 13.5. The van der Waals surface area contributed by atoms with Gasteiger partial charge in [-0.2, -0.15) is 5.10 Å². The van der Waals surface area contributed by atoms with Gasteiger partial charge in [0.1, 0.15) is 11.5 Å². The summed E-state index contributed by atoms with van der Waals surface area (Å²) >= 11 is 0. The van der Waals surface area contributed by atoms with Crippen LogP contribution in [0.3, 0.4) is 0 Å². The van der Waals surface area contributed by atoms with E-state index in [1.54, 1.807) is 12.3 Å². The van der Waals surface area contributed by atoms with E-state index in [9.17, 15) is 4.79 Å². The number of carbonyl (C=O) groups is 1. The molecule has 2 aromatic carbocycles. The van der Waals surface area contributed by atoms with Crippen molar-refractivity contribution in [2.24, 2.45) is 0 Å². The van der Waals surface area contributed by atoms with E-state index in [1.165, 1.54) is 12.8 Å². The number of amides is 1. The molecule has 2 aliphatic rings. The number of rotatable bonds is 10. The van der Waals surface area contributed by atoms with E-state index in [0.717, 1.165) is 53.6 Å². The third-order valence-corrected chi connectivity index (χ3v) is 7.24. The molecule has 9 nitrogen and oxygen atoms in total. The molecule has 1 aliphatic heterocycles. The lowest BCUT2D eigenvalue weighted by Crippen LogP contribution is -2.30. The van der Waals surface area contributed by atoms with E-state index >= 15 is 0 Å². The number of anilines is 3. The van der Waals surface area contributed by atoms with Crippen molar-refractivity contribution in [1.82, 2.24) is 25.0 Å². The number of hydrogen-bond donors (Lipinski definition) is 3. The van der Waals surface area contributed by atoms with Gasteiger partial charge in [-0.05, 0) is 68.8 Å². The molecule has 4 aromatic rings. The predicted molar refractivity (Wildman–Crippen MR) is 154 cm³/mol. The van der Waals surface area contributed by atoms with E-state index in [0.29, 0.717) is 18.2 Å². The summed E-state index contributed by atoms with van der Waals surface area (Å²) in [6.07, 6.45) is 8.84. The van der Waals surface area contributed by atoms with Gasteiger partial charge in [0.2, 0.25) is 5.91 Å². The van der Waals surface area contributed by atoms with Crippen molar-refractivity contribution >= 4 is 34.1 Å². The van der Waals surface area contributed by atoms with Crippen LogP contribution in [0, 0.1) is 0 Å². The average molecular weight is 524 g/mol. The van der Waals surface area contributed by atoms with Crippen molar-refractivity contribution in [3.05, 3.63) is 79.0 Å². The molecule has 2 fully saturated rings. The summed E-state index contributed by atoms with van der Waals surface area (Å²) in [6.45, 7) is 2.18. The molecule has 9 heteroatoms. The molecule has 1 saturated heterocycles. The SMILES string of the molecule is CN(CC=CC(=O)N1CC[C@@H](Nc2n[nH]c3nccc(Nc4ccc(Oc5ccccc5)cc4)c23)C1)C1CC1. The van der Waals surface area contributed by atoms with Crippen LogP contribution < -0.4 is 15.4 Å². The van der Waals surface area contributed by atoms with Gasteiger partial charge in [-0.25, -0.2) is 4.98 Å². The molecule has 3 heterocycles. The highest BCUT2D eigenvalue weighted by molar-refractivity contribution is 5.99. The van der Waals surface area contributed by atoms with E-state index in [2.05, 4.69) is 37.8 Å². The van der Waals surface area contributed by atoms with Crippen LogP contribution in [-0.4, -0.2) is 69.7 Å². The number of hydrogen-bond acceptors (Lipinski definition) is 7. The molecule has 2 aromatic heterocycles. The van der Waals surface area contributed by atoms with Crippen molar-refractivity contribution in [1.29, 1.82) is 0 Å². The van der Waals surface area contributed by atoms with Gasteiger partial charge < -0.3 is 20.3 Å². The van der Waals surface area contributed by atoms with Gasteiger partial charge in [0.05, 0.1) is 11.1 Å². The van der Waals surface area contributed by atoms with Crippen LogP contribution in [0.1, 0.15) is 19.3 Å². The Morgan fingerprint density at radius 1 is 1.10 bits per heavy atom. The number of ether oxygens (including phenoxy) is 1. The summed E-state index contributed by atoms with van der Waals surface area (Å²) in [7, 11) is 2.12. The molecule has 1 saturated carbocycles. The largest absolute Gasteiger partial charge is 0.457 e. The summed E-state index contributed by atoms with van der Waals surface area (Å²) in [6, 6.07) is 20.3. The minimum absolute atomic E-state index is 0.0686. The van der Waals surface area contributed by atoms with Gasteiger partial charge in [0.15, 0.2) is 11.5 Å². The van der Waals surface area contributed by atoms with Gasteiger partial charge in [-0.1, -0.05) is 24.3 Å². The summed E-state index contributed by atoms with van der Waals surface area (Å²) < 4.78 is 5.91. The van der Waals surface area contributed by atoms with Gasteiger partial charge in [0.25, 0.3) is 0 Å². The molecule has 1 atom stereocenters. The van der Waals surface area contributed by atoms with Gasteiger partial charge in [-0.15, -0.1) is 0 Å². The molecule has 6 rings (SSSR count). The van der Waals surface area contributed by atoms with Crippen LogP contribution in [0.2, 0.25) is 0 Å². The van der Waals surface area contributed by atoms with Gasteiger partial charge in [-0.3, -0.25) is 14.8 Å². The molecule has 0 radical (unpaired) electrons.